The number of rotatable bonds is 5. The first-order valence-electron chi connectivity index (χ1n) is 6.71. The van der Waals surface area contributed by atoms with Crippen LogP contribution in [-0.4, -0.2) is 22.5 Å². The van der Waals surface area contributed by atoms with Gasteiger partial charge in [-0.05, 0) is 30.4 Å². The molecule has 2 rings (SSSR count). The van der Waals surface area contributed by atoms with E-state index in [9.17, 15) is 4.79 Å². The van der Waals surface area contributed by atoms with Crippen molar-refractivity contribution in [2.45, 2.75) is 42.9 Å². The lowest BCUT2D eigenvalue weighted by atomic mass is 10.0. The summed E-state index contributed by atoms with van der Waals surface area (Å²) in [4.78, 5) is 13.6. The minimum Gasteiger partial charge on any atom is -0.352 e. The molecule has 0 aliphatic carbocycles. The molecular weight excluding hydrogens is 322 g/mol. The molecule has 1 aliphatic heterocycles. The minimum absolute atomic E-state index is 0.0334. The topological polar surface area (TPSA) is 29.1 Å². The second-order valence-electron chi connectivity index (χ2n) is 5.41. The van der Waals surface area contributed by atoms with Gasteiger partial charge in [-0.25, -0.2) is 0 Å². The zero-order chi connectivity index (χ0) is 13.8. The normalized spacial score (nSPS) is 19.3. The molecule has 1 aromatic carbocycles. The van der Waals surface area contributed by atoms with Crippen molar-refractivity contribution in [2.75, 3.05) is 5.33 Å². The van der Waals surface area contributed by atoms with Crippen molar-refractivity contribution >= 4 is 33.6 Å². The van der Waals surface area contributed by atoms with Crippen molar-refractivity contribution in [1.82, 2.24) is 5.32 Å². The average Bonchev–Trinajstić information content (AvgIpc) is 2.81. The van der Waals surface area contributed by atoms with Crippen LogP contribution in [-0.2, 0) is 11.2 Å². The monoisotopic (exact) mass is 341 g/mol. The Hall–Kier alpha value is -0.480. The maximum absolute atomic E-state index is 12.3. The number of halogens is 1. The van der Waals surface area contributed by atoms with Gasteiger partial charge in [0, 0.05) is 16.3 Å². The maximum Gasteiger partial charge on any atom is 0.234 e. The van der Waals surface area contributed by atoms with E-state index in [1.807, 2.05) is 12.1 Å². The number of carbonyl (C=O) groups excluding carboxylic acids is 1. The molecule has 1 amide bonds. The van der Waals surface area contributed by atoms with E-state index in [-0.39, 0.29) is 17.2 Å². The predicted octanol–water partition coefficient (Wildman–Crippen LogP) is 3.63. The molecule has 2 unspecified atom stereocenters. The first kappa shape index (κ1) is 14.9. The molecule has 2 nitrogen and oxygen atoms in total. The number of carbonyl (C=O) groups is 1. The molecule has 1 heterocycles. The molecule has 2 atom stereocenters. The first-order valence-corrected chi connectivity index (χ1v) is 8.71. The first-order chi connectivity index (χ1) is 9.10. The smallest absolute Gasteiger partial charge is 0.234 e. The Labute approximate surface area is 127 Å². The fourth-order valence-corrected chi connectivity index (χ4v) is 3.98. The van der Waals surface area contributed by atoms with Crippen molar-refractivity contribution in [1.29, 1.82) is 0 Å². The van der Waals surface area contributed by atoms with E-state index < -0.39 is 0 Å². The third-order valence-corrected chi connectivity index (χ3v) is 5.33. The predicted molar refractivity (Wildman–Crippen MR) is 85.0 cm³/mol. The quantitative estimate of drug-likeness (QED) is 0.828. The number of benzene rings is 1. The van der Waals surface area contributed by atoms with E-state index in [1.165, 1.54) is 10.5 Å². The van der Waals surface area contributed by atoms with Crippen LogP contribution in [0.1, 0.15) is 25.8 Å². The third-order valence-electron chi connectivity index (χ3n) is 3.23. The number of alkyl halides is 1. The summed E-state index contributed by atoms with van der Waals surface area (Å²) < 4.78 is 0. The number of amides is 1. The second kappa shape index (κ2) is 6.80. The van der Waals surface area contributed by atoms with E-state index in [0.29, 0.717) is 5.92 Å². The van der Waals surface area contributed by atoms with Gasteiger partial charge < -0.3 is 5.32 Å². The SMILES string of the molecule is CC(C)CC(CBr)NC(=O)C1Cc2ccccc2S1. The Kier molecular flexibility index (Phi) is 5.34. The van der Waals surface area contributed by atoms with Gasteiger partial charge in [-0.1, -0.05) is 48.0 Å². The van der Waals surface area contributed by atoms with Gasteiger partial charge in [0.15, 0.2) is 0 Å². The van der Waals surface area contributed by atoms with Crippen LogP contribution in [0, 0.1) is 5.92 Å². The Morgan fingerprint density at radius 3 is 2.84 bits per heavy atom. The van der Waals surface area contributed by atoms with Gasteiger partial charge in [-0.3, -0.25) is 4.79 Å². The summed E-state index contributed by atoms with van der Waals surface area (Å²) in [7, 11) is 0. The lowest BCUT2D eigenvalue weighted by Crippen LogP contribution is -2.41. The molecule has 0 saturated heterocycles. The molecule has 0 radical (unpaired) electrons. The van der Waals surface area contributed by atoms with Gasteiger partial charge in [0.05, 0.1) is 5.25 Å². The van der Waals surface area contributed by atoms with Gasteiger partial charge in [-0.2, -0.15) is 0 Å². The molecule has 1 aromatic rings. The molecular formula is C15H20BrNOS. The molecule has 0 saturated carbocycles. The largest absolute Gasteiger partial charge is 0.352 e. The second-order valence-corrected chi connectivity index (χ2v) is 7.30. The number of hydrogen-bond acceptors (Lipinski definition) is 2. The summed E-state index contributed by atoms with van der Waals surface area (Å²) in [6.45, 7) is 4.37. The highest BCUT2D eigenvalue weighted by atomic mass is 79.9. The van der Waals surface area contributed by atoms with Crippen molar-refractivity contribution in [2.24, 2.45) is 5.92 Å². The number of fused-ring (bicyclic) bond motifs is 1. The lowest BCUT2D eigenvalue weighted by Gasteiger charge is -2.20. The van der Waals surface area contributed by atoms with Crippen LogP contribution >= 0.6 is 27.7 Å². The molecule has 0 fully saturated rings. The Balaban J connectivity index is 1.92. The zero-order valence-electron chi connectivity index (χ0n) is 11.4. The Morgan fingerprint density at radius 1 is 1.47 bits per heavy atom. The van der Waals surface area contributed by atoms with E-state index in [2.05, 4.69) is 47.2 Å². The number of thioether (sulfide) groups is 1. The summed E-state index contributed by atoms with van der Waals surface area (Å²) in [5.74, 6) is 0.766. The van der Waals surface area contributed by atoms with Crippen molar-refractivity contribution < 1.29 is 4.79 Å². The Bertz CT molecular complexity index is 425. The fraction of sp³-hybridized carbons (Fsp3) is 0.533. The highest BCUT2D eigenvalue weighted by Gasteiger charge is 2.29. The van der Waals surface area contributed by atoms with Crippen LogP contribution in [0.4, 0.5) is 0 Å². The molecule has 19 heavy (non-hydrogen) atoms. The molecule has 4 heteroatoms. The lowest BCUT2D eigenvalue weighted by molar-refractivity contribution is -0.121. The summed E-state index contributed by atoms with van der Waals surface area (Å²) >= 11 is 5.18. The van der Waals surface area contributed by atoms with Crippen molar-refractivity contribution in [3.63, 3.8) is 0 Å². The van der Waals surface area contributed by atoms with Crippen molar-refractivity contribution in [3.8, 4) is 0 Å². The third kappa shape index (κ3) is 3.99. The van der Waals surface area contributed by atoms with Crippen LogP contribution in [0.5, 0.6) is 0 Å². The van der Waals surface area contributed by atoms with Crippen molar-refractivity contribution in [3.05, 3.63) is 29.8 Å². The minimum atomic E-state index is 0.0334. The summed E-state index contributed by atoms with van der Waals surface area (Å²) in [5.41, 5.74) is 1.30. The van der Waals surface area contributed by atoms with Gasteiger partial charge in [-0.15, -0.1) is 11.8 Å². The molecule has 0 spiro atoms. The van der Waals surface area contributed by atoms with Gasteiger partial charge in [0.2, 0.25) is 5.91 Å². The summed E-state index contributed by atoms with van der Waals surface area (Å²) in [6.07, 6.45) is 1.87. The average molecular weight is 342 g/mol. The number of nitrogens with one attached hydrogen (secondary N) is 1. The van der Waals surface area contributed by atoms with E-state index >= 15 is 0 Å². The van der Waals surface area contributed by atoms with Gasteiger partial charge in [0.1, 0.15) is 0 Å². The van der Waals surface area contributed by atoms with Crippen LogP contribution < -0.4 is 5.32 Å². The molecule has 1 aliphatic rings. The zero-order valence-corrected chi connectivity index (χ0v) is 13.8. The van der Waals surface area contributed by atoms with E-state index in [4.69, 9.17) is 0 Å². The van der Waals surface area contributed by atoms with Crippen LogP contribution in [0.2, 0.25) is 0 Å². The standard InChI is InChI=1S/C15H20BrNOS/c1-10(2)7-12(9-16)17-15(18)14-8-11-5-3-4-6-13(11)19-14/h3-6,10,12,14H,7-9H2,1-2H3,(H,17,18). The summed E-state index contributed by atoms with van der Waals surface area (Å²) in [6, 6.07) is 8.53. The highest BCUT2D eigenvalue weighted by Crippen LogP contribution is 2.36. The molecule has 0 bridgehead atoms. The maximum atomic E-state index is 12.3. The van der Waals surface area contributed by atoms with Gasteiger partial charge >= 0.3 is 0 Å². The summed E-state index contributed by atoms with van der Waals surface area (Å²) in [5, 5.41) is 4.02. The fourth-order valence-electron chi connectivity index (χ4n) is 2.35. The number of hydrogen-bond donors (Lipinski definition) is 1. The van der Waals surface area contributed by atoms with E-state index in [0.717, 1.165) is 18.2 Å². The van der Waals surface area contributed by atoms with Crippen LogP contribution in [0.25, 0.3) is 0 Å². The van der Waals surface area contributed by atoms with Gasteiger partial charge in [0.25, 0.3) is 0 Å². The van der Waals surface area contributed by atoms with Crippen LogP contribution in [0.15, 0.2) is 29.2 Å². The molecule has 0 aromatic heterocycles. The van der Waals surface area contributed by atoms with E-state index in [1.54, 1.807) is 11.8 Å². The van der Waals surface area contributed by atoms with Crippen LogP contribution in [0.3, 0.4) is 0 Å². The molecule has 1 N–H and O–H groups in total. The Morgan fingerprint density at radius 2 is 2.21 bits per heavy atom. The highest BCUT2D eigenvalue weighted by molar-refractivity contribution is 9.09. The molecule has 104 valence electrons.